The van der Waals surface area contributed by atoms with Crippen molar-refractivity contribution in [3.8, 4) is 17.1 Å². The van der Waals surface area contributed by atoms with Gasteiger partial charge in [0.25, 0.3) is 0 Å². The summed E-state index contributed by atoms with van der Waals surface area (Å²) in [4.78, 5) is 32.6. The fourth-order valence-corrected chi connectivity index (χ4v) is 5.30. The van der Waals surface area contributed by atoms with Crippen molar-refractivity contribution in [3.63, 3.8) is 0 Å². The van der Waals surface area contributed by atoms with Crippen LogP contribution in [0.1, 0.15) is 42.6 Å². The summed E-state index contributed by atoms with van der Waals surface area (Å²) < 4.78 is 6.03. The largest absolute Gasteiger partial charge is 0.490 e. The molecule has 10 nitrogen and oxygen atoms in total. The van der Waals surface area contributed by atoms with Gasteiger partial charge in [-0.15, -0.1) is 0 Å². The summed E-state index contributed by atoms with van der Waals surface area (Å²) in [5, 5.41) is 16.6. The molecule has 0 saturated carbocycles. The van der Waals surface area contributed by atoms with Crippen LogP contribution in [0.4, 0.5) is 11.6 Å². The Hall–Kier alpha value is -4.57. The average molecular weight is 596 g/mol. The number of carbonyl (C=O) groups is 1. The quantitative estimate of drug-likeness (QED) is 0.148. The van der Waals surface area contributed by atoms with Gasteiger partial charge < -0.3 is 20.5 Å². The molecule has 1 aliphatic heterocycles. The maximum Gasteiger partial charge on any atom is 0.326 e. The number of fused-ring (bicyclic) bond motifs is 1. The van der Waals surface area contributed by atoms with Gasteiger partial charge in [0.2, 0.25) is 0 Å². The van der Waals surface area contributed by atoms with Crippen molar-refractivity contribution in [2.24, 2.45) is 0 Å². The maximum atomic E-state index is 12.3. The van der Waals surface area contributed by atoms with Crippen LogP contribution in [0.15, 0.2) is 73.1 Å². The summed E-state index contributed by atoms with van der Waals surface area (Å²) in [6.07, 6.45) is 8.91. The van der Waals surface area contributed by atoms with Crippen LogP contribution in [0.3, 0.4) is 0 Å². The number of hydrogen-bond acceptors (Lipinski definition) is 9. The zero-order valence-corrected chi connectivity index (χ0v) is 25.3. The van der Waals surface area contributed by atoms with Crippen LogP contribution in [-0.4, -0.2) is 74.7 Å². The molecule has 3 N–H and O–H groups in total. The fourth-order valence-electron chi connectivity index (χ4n) is 5.30. The van der Waals surface area contributed by atoms with Crippen LogP contribution in [0.5, 0.6) is 5.75 Å². The molecule has 4 heterocycles. The first-order valence-corrected chi connectivity index (χ1v) is 15.4. The number of hydrogen-bond donors (Lipinski definition) is 3. The van der Waals surface area contributed by atoms with Crippen molar-refractivity contribution in [2.45, 2.75) is 51.5 Å². The van der Waals surface area contributed by atoms with Gasteiger partial charge in [-0.05, 0) is 81.8 Å². The molecule has 0 radical (unpaired) electrons. The minimum Gasteiger partial charge on any atom is -0.490 e. The number of aliphatic carboxylic acids is 1. The Morgan fingerprint density at radius 1 is 1.00 bits per heavy atom. The standard InChI is InChI=1S/C34H41N7O3/c1-25-30(13-8-18-35-25)44-24-23-41(21-6-5-12-28-15-14-27-11-7-19-36-32(27)38-28)22-17-29(34(42)43)39-31-16-20-37-33(40-31)26-9-3-2-4-10-26/h2-4,8-10,13-16,18,20,29H,5-7,11-12,17,19,21-24H2,1H3,(H,36,38)(H,42,43)(H,37,39,40)/t29-/m0/s1. The number of unbranched alkanes of at least 4 members (excludes halogenated alkanes) is 1. The lowest BCUT2D eigenvalue weighted by Gasteiger charge is -2.25. The van der Waals surface area contributed by atoms with Crippen molar-refractivity contribution >= 4 is 17.6 Å². The molecule has 10 heteroatoms. The molecule has 3 aromatic heterocycles. The second kappa shape index (κ2) is 15.8. The monoisotopic (exact) mass is 595 g/mol. The average Bonchev–Trinajstić information content (AvgIpc) is 3.05. The number of aryl methyl sites for hydroxylation is 3. The molecule has 1 aliphatic rings. The van der Waals surface area contributed by atoms with Crippen molar-refractivity contribution in [1.29, 1.82) is 0 Å². The number of rotatable bonds is 16. The minimum atomic E-state index is -0.917. The van der Waals surface area contributed by atoms with Gasteiger partial charge in [-0.25, -0.2) is 19.7 Å². The molecular formula is C34H41N7O3. The molecule has 44 heavy (non-hydrogen) atoms. The van der Waals surface area contributed by atoms with Crippen LogP contribution >= 0.6 is 0 Å². The molecule has 0 unspecified atom stereocenters. The molecule has 5 rings (SSSR count). The Morgan fingerprint density at radius 2 is 1.89 bits per heavy atom. The smallest absolute Gasteiger partial charge is 0.326 e. The van der Waals surface area contributed by atoms with E-state index in [1.165, 1.54) is 5.56 Å². The number of anilines is 2. The molecule has 0 bridgehead atoms. The molecular weight excluding hydrogens is 554 g/mol. The highest BCUT2D eigenvalue weighted by Crippen LogP contribution is 2.21. The van der Waals surface area contributed by atoms with Gasteiger partial charge in [0, 0.05) is 43.3 Å². The highest BCUT2D eigenvalue weighted by Gasteiger charge is 2.20. The lowest BCUT2D eigenvalue weighted by molar-refractivity contribution is -0.138. The SMILES string of the molecule is Cc1ncccc1OCCN(CCCCc1ccc2c(n1)NCCC2)CC[C@H](Nc1ccnc(-c2ccccc2)n1)C(=O)O. The summed E-state index contributed by atoms with van der Waals surface area (Å²) >= 11 is 0. The summed E-state index contributed by atoms with van der Waals surface area (Å²) in [5.74, 6) is 1.92. The number of carboxylic acids is 1. The van der Waals surface area contributed by atoms with E-state index in [1.807, 2.05) is 49.4 Å². The van der Waals surface area contributed by atoms with Gasteiger partial charge in [-0.3, -0.25) is 9.88 Å². The molecule has 230 valence electrons. The summed E-state index contributed by atoms with van der Waals surface area (Å²) in [5.41, 5.74) is 4.13. The van der Waals surface area contributed by atoms with Gasteiger partial charge in [-0.2, -0.15) is 0 Å². The molecule has 0 aliphatic carbocycles. The lowest BCUT2D eigenvalue weighted by atomic mass is 10.1. The van der Waals surface area contributed by atoms with Crippen LogP contribution < -0.4 is 15.4 Å². The van der Waals surface area contributed by atoms with Gasteiger partial charge in [0.1, 0.15) is 30.0 Å². The Labute approximate surface area is 259 Å². The highest BCUT2D eigenvalue weighted by atomic mass is 16.5. The Kier molecular flexibility index (Phi) is 11.1. The number of pyridine rings is 2. The number of carboxylic acid groups (broad SMARTS) is 1. The minimum absolute atomic E-state index is 0.407. The van der Waals surface area contributed by atoms with Crippen LogP contribution in [0.2, 0.25) is 0 Å². The van der Waals surface area contributed by atoms with Crippen molar-refractivity contribution < 1.29 is 14.6 Å². The Bertz CT molecular complexity index is 1500. The van der Waals surface area contributed by atoms with Crippen LogP contribution in [0, 0.1) is 6.92 Å². The highest BCUT2D eigenvalue weighted by molar-refractivity contribution is 5.77. The second-order valence-electron chi connectivity index (χ2n) is 11.0. The van der Waals surface area contributed by atoms with Gasteiger partial charge in [-0.1, -0.05) is 36.4 Å². The van der Waals surface area contributed by atoms with E-state index in [9.17, 15) is 9.90 Å². The third-order valence-electron chi connectivity index (χ3n) is 7.77. The third-order valence-corrected chi connectivity index (χ3v) is 7.77. The van der Waals surface area contributed by atoms with E-state index in [0.29, 0.717) is 37.8 Å². The third kappa shape index (κ3) is 8.97. The summed E-state index contributed by atoms with van der Waals surface area (Å²) in [6, 6.07) is 18.7. The van der Waals surface area contributed by atoms with E-state index in [1.54, 1.807) is 18.5 Å². The van der Waals surface area contributed by atoms with Crippen molar-refractivity contribution in [1.82, 2.24) is 24.8 Å². The zero-order valence-electron chi connectivity index (χ0n) is 25.3. The van der Waals surface area contributed by atoms with Crippen LogP contribution in [-0.2, 0) is 17.6 Å². The van der Waals surface area contributed by atoms with E-state index in [0.717, 1.165) is 73.7 Å². The van der Waals surface area contributed by atoms with E-state index in [4.69, 9.17) is 9.72 Å². The summed E-state index contributed by atoms with van der Waals surface area (Å²) in [6.45, 7) is 5.50. The van der Waals surface area contributed by atoms with Crippen LogP contribution in [0.25, 0.3) is 11.4 Å². The predicted molar refractivity (Wildman–Crippen MR) is 172 cm³/mol. The number of nitrogens with one attached hydrogen (secondary N) is 2. The van der Waals surface area contributed by atoms with Gasteiger partial charge >= 0.3 is 5.97 Å². The molecule has 0 saturated heterocycles. The number of nitrogens with zero attached hydrogens (tertiary/aromatic N) is 5. The second-order valence-corrected chi connectivity index (χ2v) is 11.0. The zero-order chi connectivity index (χ0) is 30.6. The Morgan fingerprint density at radius 3 is 2.73 bits per heavy atom. The first-order valence-electron chi connectivity index (χ1n) is 15.4. The molecule has 0 amide bonds. The first kappa shape index (κ1) is 30.9. The van der Waals surface area contributed by atoms with Gasteiger partial charge in [0.15, 0.2) is 5.82 Å². The van der Waals surface area contributed by atoms with E-state index in [2.05, 4.69) is 42.6 Å². The number of benzene rings is 1. The predicted octanol–water partition coefficient (Wildman–Crippen LogP) is 5.26. The molecule has 1 aromatic carbocycles. The van der Waals surface area contributed by atoms with Crippen molar-refractivity contribution in [3.05, 3.63) is 90.0 Å². The molecule has 1 atom stereocenters. The van der Waals surface area contributed by atoms with E-state index >= 15 is 0 Å². The van der Waals surface area contributed by atoms with Crippen molar-refractivity contribution in [2.75, 3.05) is 43.4 Å². The fraction of sp³-hybridized carbons (Fsp3) is 0.382. The molecule has 0 fully saturated rings. The lowest BCUT2D eigenvalue weighted by Crippen LogP contribution is -2.37. The first-order chi connectivity index (χ1) is 21.5. The van der Waals surface area contributed by atoms with Gasteiger partial charge in [0.05, 0.1) is 5.69 Å². The topological polar surface area (TPSA) is 125 Å². The number of ether oxygens (including phenoxy) is 1. The normalized spacial score (nSPS) is 13.1. The van der Waals surface area contributed by atoms with E-state index < -0.39 is 12.0 Å². The molecule has 0 spiro atoms. The maximum absolute atomic E-state index is 12.3. The Balaban J connectivity index is 1.17. The number of aromatic nitrogens is 4. The molecule has 4 aromatic rings. The summed E-state index contributed by atoms with van der Waals surface area (Å²) in [7, 11) is 0. The van der Waals surface area contributed by atoms with E-state index in [-0.39, 0.29) is 0 Å².